The van der Waals surface area contributed by atoms with Gasteiger partial charge in [-0.05, 0) is 35.8 Å². The van der Waals surface area contributed by atoms with E-state index in [1.165, 1.54) is 0 Å². The van der Waals surface area contributed by atoms with Crippen molar-refractivity contribution in [3.05, 3.63) is 29.3 Å². The Kier molecular flexibility index (Phi) is 2.98. The minimum Gasteiger partial charge on any atom is -0.479 e. The minimum absolute atomic E-state index is 0.548. The third-order valence-corrected chi connectivity index (χ3v) is 3.71. The number of fused-ring (bicyclic) bond motifs is 1. The molecule has 0 aliphatic carbocycles. The first-order chi connectivity index (χ1) is 7.20. The van der Waals surface area contributed by atoms with Crippen LogP contribution in [0.25, 0.3) is 0 Å². The Balaban J connectivity index is 2.43. The maximum atomic E-state index is 10.7. The zero-order valence-corrected chi connectivity index (χ0v) is 8.96. The second-order valence-electron chi connectivity index (χ2n) is 3.52. The number of aliphatic carboxylic acids is 1. The predicted molar refractivity (Wildman–Crippen MR) is 58.1 cm³/mol. The molecule has 15 heavy (non-hydrogen) atoms. The van der Waals surface area contributed by atoms with E-state index in [0.717, 1.165) is 29.1 Å². The Labute approximate surface area is 92.1 Å². The monoisotopic (exact) mass is 224 g/mol. The van der Waals surface area contributed by atoms with E-state index in [1.54, 1.807) is 23.9 Å². The van der Waals surface area contributed by atoms with E-state index in [2.05, 4.69) is 0 Å². The molecule has 1 atom stereocenters. The average molecular weight is 224 g/mol. The highest BCUT2D eigenvalue weighted by Gasteiger charge is 2.22. The molecular formula is C11H12O3S. The van der Waals surface area contributed by atoms with Gasteiger partial charge >= 0.3 is 5.97 Å². The summed E-state index contributed by atoms with van der Waals surface area (Å²) in [5, 5.41) is 18.3. The van der Waals surface area contributed by atoms with Gasteiger partial charge in [0.15, 0.2) is 6.10 Å². The molecule has 1 aromatic rings. The Morgan fingerprint density at radius 3 is 3.00 bits per heavy atom. The Morgan fingerprint density at radius 1 is 1.47 bits per heavy atom. The van der Waals surface area contributed by atoms with Crippen molar-refractivity contribution in [2.75, 3.05) is 5.75 Å². The molecule has 80 valence electrons. The Hall–Kier alpha value is -1.00. The molecule has 0 radical (unpaired) electrons. The topological polar surface area (TPSA) is 57.5 Å². The van der Waals surface area contributed by atoms with Crippen LogP contribution in [0.2, 0.25) is 0 Å². The van der Waals surface area contributed by atoms with E-state index >= 15 is 0 Å². The summed E-state index contributed by atoms with van der Waals surface area (Å²) in [6.45, 7) is 0. The van der Waals surface area contributed by atoms with E-state index in [-0.39, 0.29) is 0 Å². The second-order valence-corrected chi connectivity index (χ2v) is 4.65. The third-order valence-electron chi connectivity index (χ3n) is 2.53. The molecule has 0 spiro atoms. The minimum atomic E-state index is -1.39. The maximum absolute atomic E-state index is 10.7. The maximum Gasteiger partial charge on any atom is 0.337 e. The van der Waals surface area contributed by atoms with Crippen LogP contribution in [0.1, 0.15) is 23.7 Å². The molecule has 0 amide bonds. The van der Waals surface area contributed by atoms with Crippen molar-refractivity contribution >= 4 is 17.7 Å². The van der Waals surface area contributed by atoms with Gasteiger partial charge < -0.3 is 10.2 Å². The number of aliphatic hydroxyl groups excluding tert-OH is 1. The summed E-state index contributed by atoms with van der Waals surface area (Å²) in [7, 11) is 0. The molecule has 0 bridgehead atoms. The molecule has 0 saturated carbocycles. The van der Waals surface area contributed by atoms with Crippen LogP contribution in [-0.4, -0.2) is 21.9 Å². The number of thioether (sulfide) groups is 1. The molecule has 0 fully saturated rings. The molecule has 0 aromatic heterocycles. The van der Waals surface area contributed by atoms with Gasteiger partial charge in [-0.1, -0.05) is 12.1 Å². The smallest absolute Gasteiger partial charge is 0.337 e. The van der Waals surface area contributed by atoms with Crippen molar-refractivity contribution < 1.29 is 15.0 Å². The summed E-state index contributed by atoms with van der Waals surface area (Å²) < 4.78 is 0. The molecule has 1 unspecified atom stereocenters. The highest BCUT2D eigenvalue weighted by atomic mass is 32.2. The van der Waals surface area contributed by atoms with Gasteiger partial charge in [-0.2, -0.15) is 0 Å². The molecule has 4 heteroatoms. The summed E-state index contributed by atoms with van der Waals surface area (Å²) in [4.78, 5) is 11.8. The van der Waals surface area contributed by atoms with Crippen molar-refractivity contribution in [3.63, 3.8) is 0 Å². The van der Waals surface area contributed by atoms with Gasteiger partial charge in [-0.3, -0.25) is 0 Å². The van der Waals surface area contributed by atoms with Crippen LogP contribution < -0.4 is 0 Å². The highest BCUT2D eigenvalue weighted by molar-refractivity contribution is 7.99. The SMILES string of the molecule is O=C(O)C(O)c1cccc2c1CCCS2. The molecular weight excluding hydrogens is 212 g/mol. The molecule has 1 heterocycles. The first kappa shape index (κ1) is 10.5. The second kappa shape index (κ2) is 4.24. The molecule has 1 aliphatic rings. The van der Waals surface area contributed by atoms with Gasteiger partial charge in [0, 0.05) is 4.90 Å². The average Bonchev–Trinajstić information content (AvgIpc) is 2.27. The van der Waals surface area contributed by atoms with Gasteiger partial charge in [0.05, 0.1) is 0 Å². The molecule has 1 aromatic carbocycles. The summed E-state index contributed by atoms with van der Waals surface area (Å²) in [5.74, 6) is -0.112. The van der Waals surface area contributed by atoms with Gasteiger partial charge in [-0.25, -0.2) is 4.79 Å². The van der Waals surface area contributed by atoms with Gasteiger partial charge in [-0.15, -0.1) is 11.8 Å². The van der Waals surface area contributed by atoms with Crippen molar-refractivity contribution in [1.29, 1.82) is 0 Å². The predicted octanol–water partition coefficient (Wildman–Crippen LogP) is 1.84. The van der Waals surface area contributed by atoms with Crippen molar-refractivity contribution in [1.82, 2.24) is 0 Å². The van der Waals surface area contributed by atoms with Crippen LogP contribution in [0.15, 0.2) is 23.1 Å². The lowest BCUT2D eigenvalue weighted by Crippen LogP contribution is -2.14. The summed E-state index contributed by atoms with van der Waals surface area (Å²) >= 11 is 1.73. The van der Waals surface area contributed by atoms with E-state index in [0.29, 0.717) is 5.56 Å². The van der Waals surface area contributed by atoms with Crippen LogP contribution in [0.3, 0.4) is 0 Å². The van der Waals surface area contributed by atoms with E-state index in [1.807, 2.05) is 6.07 Å². The van der Waals surface area contributed by atoms with Gasteiger partial charge in [0.1, 0.15) is 0 Å². The molecule has 2 rings (SSSR count). The fourth-order valence-electron chi connectivity index (χ4n) is 1.81. The number of rotatable bonds is 2. The largest absolute Gasteiger partial charge is 0.479 e. The molecule has 3 nitrogen and oxygen atoms in total. The van der Waals surface area contributed by atoms with Crippen LogP contribution in [0, 0.1) is 0 Å². The van der Waals surface area contributed by atoms with E-state index in [4.69, 9.17) is 5.11 Å². The van der Waals surface area contributed by atoms with E-state index in [9.17, 15) is 9.90 Å². The van der Waals surface area contributed by atoms with Gasteiger partial charge in [0.25, 0.3) is 0 Å². The zero-order chi connectivity index (χ0) is 10.8. The number of carboxylic acid groups (broad SMARTS) is 1. The first-order valence-electron chi connectivity index (χ1n) is 4.85. The summed E-state index contributed by atoms with van der Waals surface area (Å²) in [5.41, 5.74) is 1.55. The van der Waals surface area contributed by atoms with E-state index < -0.39 is 12.1 Å². The number of aliphatic hydroxyl groups is 1. The third kappa shape index (κ3) is 2.01. The van der Waals surface area contributed by atoms with Crippen molar-refractivity contribution in [3.8, 4) is 0 Å². The number of hydrogen-bond donors (Lipinski definition) is 2. The zero-order valence-electron chi connectivity index (χ0n) is 8.14. The van der Waals surface area contributed by atoms with Crippen molar-refractivity contribution in [2.24, 2.45) is 0 Å². The lowest BCUT2D eigenvalue weighted by atomic mass is 9.98. The van der Waals surface area contributed by atoms with Gasteiger partial charge in [0.2, 0.25) is 0 Å². The molecule has 1 aliphatic heterocycles. The standard InChI is InChI=1S/C11H12O3S/c12-10(11(13)14)8-3-1-5-9-7(8)4-2-6-15-9/h1,3,5,10,12H,2,4,6H2,(H,13,14). The van der Waals surface area contributed by atoms with Crippen LogP contribution >= 0.6 is 11.8 Å². The number of carboxylic acids is 1. The van der Waals surface area contributed by atoms with Crippen LogP contribution in [-0.2, 0) is 11.2 Å². The highest BCUT2D eigenvalue weighted by Crippen LogP contribution is 2.34. The fraction of sp³-hybridized carbons (Fsp3) is 0.364. The Morgan fingerprint density at radius 2 is 2.27 bits per heavy atom. The Bertz CT molecular complexity index is 389. The quantitative estimate of drug-likeness (QED) is 0.804. The number of benzene rings is 1. The number of carbonyl (C=O) groups is 1. The lowest BCUT2D eigenvalue weighted by molar-refractivity contribution is -0.147. The lowest BCUT2D eigenvalue weighted by Gasteiger charge is -2.19. The fourth-order valence-corrected chi connectivity index (χ4v) is 2.88. The first-order valence-corrected chi connectivity index (χ1v) is 5.84. The van der Waals surface area contributed by atoms with Crippen LogP contribution in [0.4, 0.5) is 0 Å². The van der Waals surface area contributed by atoms with Crippen LogP contribution in [0.5, 0.6) is 0 Å². The summed E-state index contributed by atoms with van der Waals surface area (Å²) in [6, 6.07) is 5.49. The molecule has 2 N–H and O–H groups in total. The molecule has 0 saturated heterocycles. The number of hydrogen-bond acceptors (Lipinski definition) is 3. The normalized spacial score (nSPS) is 16.9. The summed E-state index contributed by atoms with van der Waals surface area (Å²) in [6.07, 6.45) is 0.516. The van der Waals surface area contributed by atoms with Crippen molar-refractivity contribution in [2.45, 2.75) is 23.8 Å².